The molecule has 0 aromatic carbocycles. The average Bonchev–Trinajstić information content (AvgIpc) is 2.60. The monoisotopic (exact) mass is 218 g/mol. The molecule has 1 heterocycles. The van der Waals surface area contributed by atoms with Crippen LogP contribution in [0, 0.1) is 5.41 Å². The van der Waals surface area contributed by atoms with Crippen LogP contribution in [0.1, 0.15) is 38.7 Å². The summed E-state index contributed by atoms with van der Waals surface area (Å²) >= 11 is 0. The molecule has 88 valence electrons. The lowest BCUT2D eigenvalue weighted by Gasteiger charge is -2.28. The molecule has 1 aromatic heterocycles. The van der Waals surface area contributed by atoms with E-state index in [0.29, 0.717) is 11.5 Å². The van der Waals surface area contributed by atoms with Gasteiger partial charge in [0.05, 0.1) is 0 Å². The van der Waals surface area contributed by atoms with Gasteiger partial charge in [0.1, 0.15) is 0 Å². The first-order chi connectivity index (χ1) is 7.68. The van der Waals surface area contributed by atoms with Gasteiger partial charge in [0, 0.05) is 18.4 Å². The van der Waals surface area contributed by atoms with Gasteiger partial charge < -0.3 is 5.32 Å². The van der Waals surface area contributed by atoms with Gasteiger partial charge in [-0.25, -0.2) is 0 Å². The van der Waals surface area contributed by atoms with Crippen molar-refractivity contribution in [2.75, 3.05) is 6.54 Å². The molecule has 1 saturated carbocycles. The Hall–Kier alpha value is -0.890. The first-order valence-corrected chi connectivity index (χ1v) is 6.31. The van der Waals surface area contributed by atoms with Crippen molar-refractivity contribution in [1.82, 2.24) is 10.3 Å². The molecule has 2 heteroatoms. The SMILES string of the molecule is CC1(C)CCCC1NCCc1cccnc1. The predicted octanol–water partition coefficient (Wildman–Crippen LogP) is 2.79. The van der Waals surface area contributed by atoms with Crippen LogP contribution in [0.25, 0.3) is 0 Å². The zero-order valence-electron chi connectivity index (χ0n) is 10.4. The van der Waals surface area contributed by atoms with Gasteiger partial charge in [0.15, 0.2) is 0 Å². The van der Waals surface area contributed by atoms with E-state index in [1.54, 1.807) is 0 Å². The van der Waals surface area contributed by atoms with E-state index in [4.69, 9.17) is 0 Å². The van der Waals surface area contributed by atoms with Crippen LogP contribution in [0.15, 0.2) is 24.5 Å². The number of hydrogen-bond donors (Lipinski definition) is 1. The summed E-state index contributed by atoms with van der Waals surface area (Å²) in [4.78, 5) is 4.14. The average molecular weight is 218 g/mol. The molecule has 0 spiro atoms. The summed E-state index contributed by atoms with van der Waals surface area (Å²) in [6.45, 7) is 5.82. The second-order valence-electron chi connectivity index (χ2n) is 5.50. The second-order valence-corrected chi connectivity index (χ2v) is 5.50. The quantitative estimate of drug-likeness (QED) is 0.840. The predicted molar refractivity (Wildman–Crippen MR) is 67.4 cm³/mol. The summed E-state index contributed by atoms with van der Waals surface area (Å²) in [5.41, 5.74) is 1.81. The molecule has 1 aliphatic rings. The van der Waals surface area contributed by atoms with Crippen molar-refractivity contribution in [1.29, 1.82) is 0 Å². The Balaban J connectivity index is 1.76. The Kier molecular flexibility index (Phi) is 3.59. The van der Waals surface area contributed by atoms with Crippen molar-refractivity contribution in [3.63, 3.8) is 0 Å². The highest BCUT2D eigenvalue weighted by Gasteiger charge is 2.33. The van der Waals surface area contributed by atoms with Crippen molar-refractivity contribution in [3.8, 4) is 0 Å². The molecule has 0 aliphatic heterocycles. The molecular weight excluding hydrogens is 196 g/mol. The zero-order valence-corrected chi connectivity index (χ0v) is 10.4. The highest BCUT2D eigenvalue weighted by Crippen LogP contribution is 2.36. The van der Waals surface area contributed by atoms with Crippen LogP contribution in [0.3, 0.4) is 0 Å². The Morgan fingerprint density at radius 3 is 3.00 bits per heavy atom. The zero-order chi connectivity index (χ0) is 11.4. The maximum Gasteiger partial charge on any atom is 0.0300 e. The number of aromatic nitrogens is 1. The smallest absolute Gasteiger partial charge is 0.0300 e. The Labute approximate surface area is 98.5 Å². The molecule has 1 aliphatic carbocycles. The van der Waals surface area contributed by atoms with Crippen molar-refractivity contribution in [2.45, 2.75) is 45.6 Å². The summed E-state index contributed by atoms with van der Waals surface area (Å²) in [6.07, 6.45) is 8.94. The molecule has 16 heavy (non-hydrogen) atoms. The number of pyridine rings is 1. The number of rotatable bonds is 4. The summed E-state index contributed by atoms with van der Waals surface area (Å²) in [5.74, 6) is 0. The van der Waals surface area contributed by atoms with E-state index >= 15 is 0 Å². The van der Waals surface area contributed by atoms with Crippen LogP contribution in [0.4, 0.5) is 0 Å². The van der Waals surface area contributed by atoms with Crippen LogP contribution in [0.2, 0.25) is 0 Å². The molecule has 1 fully saturated rings. The Morgan fingerprint density at radius 2 is 2.38 bits per heavy atom. The topological polar surface area (TPSA) is 24.9 Å². The standard InChI is InChI=1S/C14H22N2/c1-14(2)8-3-6-13(14)16-10-7-12-5-4-9-15-11-12/h4-5,9,11,13,16H,3,6-8,10H2,1-2H3. The largest absolute Gasteiger partial charge is 0.313 e. The second kappa shape index (κ2) is 4.96. The highest BCUT2D eigenvalue weighted by atomic mass is 14.9. The van der Waals surface area contributed by atoms with Gasteiger partial charge >= 0.3 is 0 Å². The normalized spacial score (nSPS) is 23.5. The third-order valence-corrected chi connectivity index (χ3v) is 3.78. The van der Waals surface area contributed by atoms with Crippen molar-refractivity contribution >= 4 is 0 Å². The van der Waals surface area contributed by atoms with Gasteiger partial charge in [-0.1, -0.05) is 26.3 Å². The summed E-state index contributed by atoms with van der Waals surface area (Å²) in [5, 5.41) is 3.69. The maximum atomic E-state index is 4.14. The molecule has 2 rings (SSSR count). The van der Waals surface area contributed by atoms with Gasteiger partial charge in [-0.05, 0) is 42.9 Å². The van der Waals surface area contributed by atoms with E-state index in [1.807, 2.05) is 18.5 Å². The van der Waals surface area contributed by atoms with E-state index in [1.165, 1.54) is 24.8 Å². The highest BCUT2D eigenvalue weighted by molar-refractivity contribution is 5.08. The van der Waals surface area contributed by atoms with Gasteiger partial charge in [0.2, 0.25) is 0 Å². The number of nitrogens with one attached hydrogen (secondary N) is 1. The number of nitrogens with zero attached hydrogens (tertiary/aromatic N) is 1. The van der Waals surface area contributed by atoms with Crippen molar-refractivity contribution in [3.05, 3.63) is 30.1 Å². The van der Waals surface area contributed by atoms with Crippen molar-refractivity contribution in [2.24, 2.45) is 5.41 Å². The maximum absolute atomic E-state index is 4.14. The van der Waals surface area contributed by atoms with Crippen molar-refractivity contribution < 1.29 is 0 Å². The van der Waals surface area contributed by atoms with Crippen LogP contribution >= 0.6 is 0 Å². The van der Waals surface area contributed by atoms with Crippen LogP contribution < -0.4 is 5.32 Å². The van der Waals surface area contributed by atoms with E-state index < -0.39 is 0 Å². The van der Waals surface area contributed by atoms with Crippen LogP contribution in [0.5, 0.6) is 0 Å². The fourth-order valence-corrected chi connectivity index (χ4v) is 2.64. The van der Waals surface area contributed by atoms with Crippen LogP contribution in [-0.2, 0) is 6.42 Å². The lowest BCUT2D eigenvalue weighted by atomic mass is 9.87. The van der Waals surface area contributed by atoms with Crippen LogP contribution in [-0.4, -0.2) is 17.6 Å². The summed E-state index contributed by atoms with van der Waals surface area (Å²) < 4.78 is 0. The Morgan fingerprint density at radius 1 is 1.50 bits per heavy atom. The minimum Gasteiger partial charge on any atom is -0.313 e. The lowest BCUT2D eigenvalue weighted by molar-refractivity contribution is 0.285. The number of hydrogen-bond acceptors (Lipinski definition) is 2. The molecule has 0 amide bonds. The van der Waals surface area contributed by atoms with Gasteiger partial charge in [-0.15, -0.1) is 0 Å². The summed E-state index contributed by atoms with van der Waals surface area (Å²) in [6, 6.07) is 4.85. The van der Waals surface area contributed by atoms with Gasteiger partial charge in [-0.3, -0.25) is 4.98 Å². The van der Waals surface area contributed by atoms with E-state index in [-0.39, 0.29) is 0 Å². The van der Waals surface area contributed by atoms with Gasteiger partial charge in [0.25, 0.3) is 0 Å². The molecule has 1 unspecified atom stereocenters. The first kappa shape index (κ1) is 11.6. The molecule has 1 N–H and O–H groups in total. The molecular formula is C14H22N2. The fraction of sp³-hybridized carbons (Fsp3) is 0.643. The molecule has 1 atom stereocenters. The Bertz CT molecular complexity index is 319. The van der Waals surface area contributed by atoms with E-state index in [2.05, 4.69) is 30.2 Å². The van der Waals surface area contributed by atoms with Gasteiger partial charge in [-0.2, -0.15) is 0 Å². The van der Waals surface area contributed by atoms with E-state index in [0.717, 1.165) is 13.0 Å². The molecule has 1 aromatic rings. The minimum atomic E-state index is 0.481. The molecule has 0 radical (unpaired) electrons. The third-order valence-electron chi connectivity index (χ3n) is 3.78. The first-order valence-electron chi connectivity index (χ1n) is 6.31. The van der Waals surface area contributed by atoms with E-state index in [9.17, 15) is 0 Å². The molecule has 0 bridgehead atoms. The summed E-state index contributed by atoms with van der Waals surface area (Å²) in [7, 11) is 0. The minimum absolute atomic E-state index is 0.481. The molecule has 0 saturated heterocycles. The fourth-order valence-electron chi connectivity index (χ4n) is 2.64. The molecule has 2 nitrogen and oxygen atoms in total. The third kappa shape index (κ3) is 2.82. The lowest BCUT2D eigenvalue weighted by Crippen LogP contribution is -2.38.